The molecular formula is C19H22FN5O. The summed E-state index contributed by atoms with van der Waals surface area (Å²) in [6.45, 7) is 1.50. The largest absolute Gasteiger partial charge is 0.354 e. The first-order valence-electron chi connectivity index (χ1n) is 9.09. The van der Waals surface area contributed by atoms with Gasteiger partial charge in [0, 0.05) is 19.3 Å². The molecule has 0 spiro atoms. The van der Waals surface area contributed by atoms with Crippen LogP contribution in [0.5, 0.6) is 0 Å². The molecule has 4 rings (SSSR count). The van der Waals surface area contributed by atoms with Gasteiger partial charge in [-0.2, -0.15) is 4.98 Å². The molecule has 1 saturated heterocycles. The number of hydrogen-bond acceptors (Lipinski definition) is 5. The molecule has 7 heteroatoms. The maximum atomic E-state index is 13.8. The van der Waals surface area contributed by atoms with Crippen LogP contribution in [0.4, 0.5) is 21.8 Å². The smallest absolute Gasteiger partial charge is 0.242 e. The van der Waals surface area contributed by atoms with Gasteiger partial charge in [0.2, 0.25) is 11.9 Å². The molecular weight excluding hydrogens is 333 g/mol. The molecule has 2 fully saturated rings. The van der Waals surface area contributed by atoms with Crippen molar-refractivity contribution in [3.8, 4) is 0 Å². The molecule has 136 valence electrons. The summed E-state index contributed by atoms with van der Waals surface area (Å²) in [6.07, 6.45) is 5.77. The van der Waals surface area contributed by atoms with Crippen molar-refractivity contribution in [2.24, 2.45) is 5.92 Å². The number of hydrogen-bond donors (Lipinski definition) is 2. The van der Waals surface area contributed by atoms with Crippen LogP contribution in [0.3, 0.4) is 0 Å². The Balaban J connectivity index is 1.47. The lowest BCUT2D eigenvalue weighted by Gasteiger charge is -2.24. The Hall–Kier alpha value is -2.70. The summed E-state index contributed by atoms with van der Waals surface area (Å²) < 4.78 is 13.8. The van der Waals surface area contributed by atoms with Crippen LogP contribution in [0.2, 0.25) is 0 Å². The van der Waals surface area contributed by atoms with E-state index in [2.05, 4.69) is 20.6 Å². The molecule has 0 bridgehead atoms. The number of benzene rings is 1. The molecule has 2 heterocycles. The summed E-state index contributed by atoms with van der Waals surface area (Å²) in [4.78, 5) is 23.3. The quantitative estimate of drug-likeness (QED) is 0.834. The Kier molecular flexibility index (Phi) is 4.69. The average molecular weight is 355 g/mol. The van der Waals surface area contributed by atoms with Gasteiger partial charge in [-0.1, -0.05) is 12.1 Å². The highest BCUT2D eigenvalue weighted by molar-refractivity contribution is 5.85. The lowest BCUT2D eigenvalue weighted by atomic mass is 10.2. The van der Waals surface area contributed by atoms with Gasteiger partial charge in [0.15, 0.2) is 0 Å². The van der Waals surface area contributed by atoms with Crippen LogP contribution in [0.1, 0.15) is 25.7 Å². The molecule has 1 unspecified atom stereocenters. The van der Waals surface area contributed by atoms with Gasteiger partial charge in [0.05, 0.1) is 5.69 Å². The predicted molar refractivity (Wildman–Crippen MR) is 97.8 cm³/mol. The number of aromatic nitrogens is 2. The van der Waals surface area contributed by atoms with E-state index in [1.807, 2.05) is 4.90 Å². The number of carbonyl (C=O) groups is 1. The predicted octanol–water partition coefficient (Wildman–Crippen LogP) is 2.85. The summed E-state index contributed by atoms with van der Waals surface area (Å²) in [6, 6.07) is 7.90. The number of rotatable bonds is 6. The van der Waals surface area contributed by atoms with Crippen LogP contribution in [-0.4, -0.2) is 35.0 Å². The number of amides is 1. The van der Waals surface area contributed by atoms with E-state index in [4.69, 9.17) is 0 Å². The molecule has 26 heavy (non-hydrogen) atoms. The fraction of sp³-hybridized carbons (Fsp3) is 0.421. The number of carbonyl (C=O) groups excluding carboxylic acids is 1. The first-order valence-corrected chi connectivity index (χ1v) is 9.09. The number of halogens is 1. The molecule has 2 aromatic rings. The average Bonchev–Trinajstić information content (AvgIpc) is 3.35. The molecule has 6 nitrogen and oxygen atoms in total. The van der Waals surface area contributed by atoms with Crippen molar-refractivity contribution in [3.63, 3.8) is 0 Å². The summed E-state index contributed by atoms with van der Waals surface area (Å²) >= 11 is 0. The molecule has 1 aliphatic carbocycles. The highest BCUT2D eigenvalue weighted by atomic mass is 19.1. The Morgan fingerprint density at radius 1 is 1.23 bits per heavy atom. The molecule has 2 N–H and O–H groups in total. The third-order valence-electron chi connectivity index (χ3n) is 4.85. The highest BCUT2D eigenvalue weighted by Gasteiger charge is 2.33. The number of anilines is 3. The fourth-order valence-electron chi connectivity index (χ4n) is 3.22. The zero-order valence-corrected chi connectivity index (χ0v) is 14.5. The third-order valence-corrected chi connectivity index (χ3v) is 4.85. The minimum Gasteiger partial charge on any atom is -0.354 e. The van der Waals surface area contributed by atoms with E-state index < -0.39 is 0 Å². The van der Waals surface area contributed by atoms with Gasteiger partial charge < -0.3 is 15.5 Å². The van der Waals surface area contributed by atoms with E-state index in [9.17, 15) is 9.18 Å². The third kappa shape index (κ3) is 3.76. The van der Waals surface area contributed by atoms with Crippen LogP contribution in [0.15, 0.2) is 36.5 Å². The van der Waals surface area contributed by atoms with Crippen molar-refractivity contribution in [2.75, 3.05) is 23.3 Å². The molecule has 2 aliphatic rings. The summed E-state index contributed by atoms with van der Waals surface area (Å²) in [5, 5.41) is 6.02. The van der Waals surface area contributed by atoms with E-state index in [1.54, 1.807) is 30.5 Å². The lowest BCUT2D eigenvalue weighted by molar-refractivity contribution is -0.122. The van der Waals surface area contributed by atoms with Gasteiger partial charge in [-0.3, -0.25) is 4.79 Å². The van der Waals surface area contributed by atoms with Crippen molar-refractivity contribution in [3.05, 3.63) is 42.3 Å². The fourth-order valence-corrected chi connectivity index (χ4v) is 3.22. The van der Waals surface area contributed by atoms with Gasteiger partial charge in [0.1, 0.15) is 17.7 Å². The zero-order chi connectivity index (χ0) is 17.9. The van der Waals surface area contributed by atoms with Gasteiger partial charge in [-0.15, -0.1) is 0 Å². The van der Waals surface area contributed by atoms with Crippen LogP contribution >= 0.6 is 0 Å². The second-order valence-electron chi connectivity index (χ2n) is 6.89. The van der Waals surface area contributed by atoms with Gasteiger partial charge in [-0.05, 0) is 49.8 Å². The maximum absolute atomic E-state index is 13.8. The lowest BCUT2D eigenvalue weighted by Crippen LogP contribution is -2.44. The highest BCUT2D eigenvalue weighted by Crippen LogP contribution is 2.28. The maximum Gasteiger partial charge on any atom is 0.242 e. The first-order chi connectivity index (χ1) is 12.7. The Bertz CT molecular complexity index is 795. The zero-order valence-electron chi connectivity index (χ0n) is 14.5. The second kappa shape index (κ2) is 7.27. The van der Waals surface area contributed by atoms with E-state index in [1.165, 1.54) is 18.9 Å². The normalized spacial score (nSPS) is 19.4. The second-order valence-corrected chi connectivity index (χ2v) is 6.89. The minimum atomic E-state index is -0.342. The van der Waals surface area contributed by atoms with Crippen LogP contribution in [0.25, 0.3) is 0 Å². The Labute approximate surface area is 151 Å². The molecule has 1 amide bonds. The summed E-state index contributed by atoms with van der Waals surface area (Å²) in [5.74, 6) is 1.36. The number of para-hydroxylation sites is 1. The monoisotopic (exact) mass is 355 g/mol. The van der Waals surface area contributed by atoms with Crippen LogP contribution in [-0.2, 0) is 4.79 Å². The number of nitrogens with one attached hydrogen (secondary N) is 2. The topological polar surface area (TPSA) is 70.2 Å². The number of nitrogens with zero attached hydrogens (tertiary/aromatic N) is 3. The first kappa shape index (κ1) is 16.8. The van der Waals surface area contributed by atoms with Crippen LogP contribution in [0, 0.1) is 11.7 Å². The van der Waals surface area contributed by atoms with Gasteiger partial charge in [-0.25, -0.2) is 9.37 Å². The SMILES string of the molecule is O=C(NCC1CC1)C1CCCN1c1nccc(Nc2ccccc2F)n1. The van der Waals surface area contributed by atoms with Gasteiger partial charge >= 0.3 is 0 Å². The van der Waals surface area contributed by atoms with Crippen molar-refractivity contribution >= 4 is 23.4 Å². The molecule has 1 atom stereocenters. The van der Waals surface area contributed by atoms with E-state index >= 15 is 0 Å². The molecule has 1 aliphatic heterocycles. The van der Waals surface area contributed by atoms with E-state index in [-0.39, 0.29) is 17.8 Å². The van der Waals surface area contributed by atoms with Gasteiger partial charge in [0.25, 0.3) is 0 Å². The Morgan fingerprint density at radius 3 is 2.88 bits per heavy atom. The van der Waals surface area contributed by atoms with E-state index in [0.717, 1.165) is 25.9 Å². The Morgan fingerprint density at radius 2 is 2.08 bits per heavy atom. The molecule has 1 aromatic heterocycles. The molecule has 1 saturated carbocycles. The van der Waals surface area contributed by atoms with Crippen molar-refractivity contribution in [1.29, 1.82) is 0 Å². The molecule has 1 aromatic carbocycles. The van der Waals surface area contributed by atoms with Crippen molar-refractivity contribution < 1.29 is 9.18 Å². The summed E-state index contributed by atoms with van der Waals surface area (Å²) in [5.41, 5.74) is 0.359. The molecule has 0 radical (unpaired) electrons. The van der Waals surface area contributed by atoms with Crippen molar-refractivity contribution in [1.82, 2.24) is 15.3 Å². The van der Waals surface area contributed by atoms with Crippen molar-refractivity contribution in [2.45, 2.75) is 31.7 Å². The standard InChI is InChI=1S/C19H22FN5O/c20-14-4-1-2-5-15(14)23-17-9-10-21-19(24-17)25-11-3-6-16(25)18(26)22-12-13-7-8-13/h1-2,4-5,9-10,13,16H,3,6-8,11-12H2,(H,22,26)(H,21,23,24). The van der Waals surface area contributed by atoms with E-state index in [0.29, 0.717) is 23.4 Å². The summed E-state index contributed by atoms with van der Waals surface area (Å²) in [7, 11) is 0. The van der Waals surface area contributed by atoms with Crippen LogP contribution < -0.4 is 15.5 Å². The minimum absolute atomic E-state index is 0.0467.